The summed E-state index contributed by atoms with van der Waals surface area (Å²) in [7, 11) is 1.97. The van der Waals surface area contributed by atoms with Gasteiger partial charge < -0.3 is 19.7 Å². The number of ether oxygens (including phenoxy) is 1. The molecule has 1 atom stereocenters. The molecule has 0 saturated carbocycles. The van der Waals surface area contributed by atoms with Gasteiger partial charge >= 0.3 is 5.97 Å². The molecule has 2 N–H and O–H groups in total. The fourth-order valence-electron chi connectivity index (χ4n) is 3.87. The van der Waals surface area contributed by atoms with Crippen LogP contribution in [0.25, 0.3) is 0 Å². The number of hydrogen-bond donors (Lipinski definition) is 2. The Morgan fingerprint density at radius 3 is 2.45 bits per heavy atom. The number of rotatable bonds is 11. The van der Waals surface area contributed by atoms with Gasteiger partial charge in [0.2, 0.25) is 0 Å². The number of hydrogen-bond acceptors (Lipinski definition) is 3. The van der Waals surface area contributed by atoms with E-state index in [9.17, 15) is 9.59 Å². The SMILES string of the molecule is CC(C)CC(NC(=O)c1cc(COc2ccccc2)ccc1CCC(=O)O)c1cccn1C. The number of nitrogens with one attached hydrogen (secondary N) is 1. The second-order valence-corrected chi connectivity index (χ2v) is 8.69. The van der Waals surface area contributed by atoms with Crippen LogP contribution < -0.4 is 10.1 Å². The second kappa shape index (κ2) is 11.4. The van der Waals surface area contributed by atoms with Crippen molar-refractivity contribution in [3.05, 3.63) is 89.2 Å². The first-order valence-electron chi connectivity index (χ1n) is 11.3. The lowest BCUT2D eigenvalue weighted by Crippen LogP contribution is -2.31. The first-order valence-corrected chi connectivity index (χ1v) is 11.3. The van der Waals surface area contributed by atoms with E-state index in [1.807, 2.05) is 78.5 Å². The Kier molecular flexibility index (Phi) is 8.30. The van der Waals surface area contributed by atoms with Gasteiger partial charge in [0.15, 0.2) is 0 Å². The number of benzene rings is 2. The van der Waals surface area contributed by atoms with Crippen molar-refractivity contribution in [1.82, 2.24) is 9.88 Å². The summed E-state index contributed by atoms with van der Waals surface area (Å²) in [6.45, 7) is 4.57. The van der Waals surface area contributed by atoms with E-state index in [0.717, 1.165) is 23.4 Å². The summed E-state index contributed by atoms with van der Waals surface area (Å²) in [6, 6.07) is 18.9. The lowest BCUT2D eigenvalue weighted by Gasteiger charge is -2.22. The summed E-state index contributed by atoms with van der Waals surface area (Å²) in [5, 5.41) is 12.3. The van der Waals surface area contributed by atoms with Gasteiger partial charge in [0.1, 0.15) is 12.4 Å². The van der Waals surface area contributed by atoms with Crippen LogP contribution in [-0.2, 0) is 24.9 Å². The number of carbonyl (C=O) groups is 2. The smallest absolute Gasteiger partial charge is 0.303 e. The third kappa shape index (κ3) is 6.97. The van der Waals surface area contributed by atoms with Crippen LogP contribution in [0.2, 0.25) is 0 Å². The third-order valence-electron chi connectivity index (χ3n) is 5.53. The molecule has 0 aliphatic rings. The Morgan fingerprint density at radius 2 is 1.82 bits per heavy atom. The number of aryl methyl sites for hydroxylation is 2. The van der Waals surface area contributed by atoms with E-state index in [1.54, 1.807) is 0 Å². The van der Waals surface area contributed by atoms with Gasteiger partial charge in [0.05, 0.1) is 6.04 Å². The highest BCUT2D eigenvalue weighted by Gasteiger charge is 2.21. The molecule has 6 heteroatoms. The molecule has 3 aromatic rings. The normalized spacial score (nSPS) is 11.9. The monoisotopic (exact) mass is 448 g/mol. The molecule has 1 heterocycles. The van der Waals surface area contributed by atoms with E-state index in [2.05, 4.69) is 19.2 Å². The summed E-state index contributed by atoms with van der Waals surface area (Å²) in [4.78, 5) is 24.6. The number of amides is 1. The molecule has 0 aliphatic carbocycles. The molecule has 174 valence electrons. The topological polar surface area (TPSA) is 80.6 Å². The van der Waals surface area contributed by atoms with Crippen LogP contribution in [-0.4, -0.2) is 21.6 Å². The minimum atomic E-state index is -0.889. The number of aromatic nitrogens is 1. The van der Waals surface area contributed by atoms with Crippen molar-refractivity contribution in [2.75, 3.05) is 0 Å². The maximum Gasteiger partial charge on any atom is 0.303 e. The van der Waals surface area contributed by atoms with Gasteiger partial charge in [-0.25, -0.2) is 0 Å². The molecule has 1 aromatic heterocycles. The minimum absolute atomic E-state index is 0.0343. The molecule has 0 aliphatic heterocycles. The van der Waals surface area contributed by atoms with E-state index in [4.69, 9.17) is 9.84 Å². The first-order chi connectivity index (χ1) is 15.8. The van der Waals surface area contributed by atoms with Crippen LogP contribution in [0, 0.1) is 5.92 Å². The zero-order valence-electron chi connectivity index (χ0n) is 19.5. The molecule has 0 bridgehead atoms. The highest BCUT2D eigenvalue weighted by Crippen LogP contribution is 2.24. The van der Waals surface area contributed by atoms with Crippen LogP contribution in [0.3, 0.4) is 0 Å². The van der Waals surface area contributed by atoms with E-state index in [1.165, 1.54) is 0 Å². The van der Waals surface area contributed by atoms with E-state index >= 15 is 0 Å². The van der Waals surface area contributed by atoms with E-state index < -0.39 is 5.97 Å². The van der Waals surface area contributed by atoms with Crippen LogP contribution in [0.1, 0.15) is 59.9 Å². The fraction of sp³-hybridized carbons (Fsp3) is 0.333. The van der Waals surface area contributed by atoms with Crippen molar-refractivity contribution in [2.24, 2.45) is 13.0 Å². The van der Waals surface area contributed by atoms with Gasteiger partial charge in [-0.1, -0.05) is 44.2 Å². The van der Waals surface area contributed by atoms with E-state index in [0.29, 0.717) is 23.7 Å². The average Bonchev–Trinajstić information content (AvgIpc) is 3.22. The van der Waals surface area contributed by atoms with Gasteiger partial charge in [0.25, 0.3) is 5.91 Å². The van der Waals surface area contributed by atoms with Gasteiger partial charge in [-0.15, -0.1) is 0 Å². The van der Waals surface area contributed by atoms with Gasteiger partial charge in [-0.2, -0.15) is 0 Å². The lowest BCUT2D eigenvalue weighted by molar-refractivity contribution is -0.136. The summed E-state index contributed by atoms with van der Waals surface area (Å²) < 4.78 is 7.86. The quantitative estimate of drug-likeness (QED) is 0.426. The maximum absolute atomic E-state index is 13.4. The first kappa shape index (κ1) is 24.1. The number of aliphatic carboxylic acids is 1. The van der Waals surface area contributed by atoms with Gasteiger partial charge in [-0.05, 0) is 60.2 Å². The standard InChI is InChI=1S/C27H32N2O4/c1-19(2)16-24(25-10-7-15-29(25)3)28-27(32)23-17-20(11-12-21(23)13-14-26(30)31)18-33-22-8-5-4-6-9-22/h4-12,15,17,19,24H,13-14,16,18H2,1-3H3,(H,28,32)(H,30,31). The number of para-hydroxylation sites is 1. The summed E-state index contributed by atoms with van der Waals surface area (Å²) >= 11 is 0. The van der Waals surface area contributed by atoms with Gasteiger partial charge in [-0.3, -0.25) is 9.59 Å². The Bertz CT molecular complexity index is 1070. The highest BCUT2D eigenvalue weighted by atomic mass is 16.5. The average molecular weight is 449 g/mol. The molecule has 0 radical (unpaired) electrons. The number of nitrogens with zero attached hydrogens (tertiary/aromatic N) is 1. The molecule has 2 aromatic carbocycles. The van der Waals surface area contributed by atoms with Gasteiger partial charge in [0, 0.05) is 30.9 Å². The Labute approximate surface area is 195 Å². The summed E-state index contributed by atoms with van der Waals surface area (Å²) in [6.07, 6.45) is 3.02. The zero-order valence-corrected chi connectivity index (χ0v) is 19.5. The van der Waals surface area contributed by atoms with Crippen molar-refractivity contribution in [1.29, 1.82) is 0 Å². The molecule has 0 fully saturated rings. The largest absolute Gasteiger partial charge is 0.489 e. The zero-order chi connectivity index (χ0) is 23.8. The highest BCUT2D eigenvalue weighted by molar-refractivity contribution is 5.96. The Hall–Kier alpha value is -3.54. The van der Waals surface area contributed by atoms with Crippen molar-refractivity contribution in [3.63, 3.8) is 0 Å². The second-order valence-electron chi connectivity index (χ2n) is 8.69. The predicted octanol–water partition coefficient (Wildman–Crippen LogP) is 5.14. The molecular formula is C27H32N2O4. The molecular weight excluding hydrogens is 416 g/mol. The Balaban J connectivity index is 1.85. The van der Waals surface area contributed by atoms with Crippen molar-refractivity contribution >= 4 is 11.9 Å². The van der Waals surface area contributed by atoms with E-state index in [-0.39, 0.29) is 24.8 Å². The summed E-state index contributed by atoms with van der Waals surface area (Å²) in [5.41, 5.74) is 3.09. The van der Waals surface area contributed by atoms with Crippen molar-refractivity contribution in [2.45, 2.75) is 45.8 Å². The molecule has 6 nitrogen and oxygen atoms in total. The van der Waals surface area contributed by atoms with Crippen LogP contribution in [0.15, 0.2) is 66.9 Å². The molecule has 1 unspecified atom stereocenters. The molecule has 1 amide bonds. The molecule has 33 heavy (non-hydrogen) atoms. The van der Waals surface area contributed by atoms with Crippen molar-refractivity contribution < 1.29 is 19.4 Å². The molecule has 0 saturated heterocycles. The van der Waals surface area contributed by atoms with Crippen molar-refractivity contribution in [3.8, 4) is 5.75 Å². The lowest BCUT2D eigenvalue weighted by atomic mass is 9.97. The minimum Gasteiger partial charge on any atom is -0.489 e. The fourth-order valence-corrected chi connectivity index (χ4v) is 3.87. The molecule has 3 rings (SSSR count). The molecule has 0 spiro atoms. The number of carbonyl (C=O) groups excluding carboxylic acids is 1. The Morgan fingerprint density at radius 1 is 1.06 bits per heavy atom. The van der Waals surface area contributed by atoms with Crippen LogP contribution >= 0.6 is 0 Å². The third-order valence-corrected chi connectivity index (χ3v) is 5.53. The van der Waals surface area contributed by atoms with Crippen LogP contribution in [0.4, 0.5) is 0 Å². The number of carboxylic acid groups (broad SMARTS) is 1. The van der Waals surface area contributed by atoms with Crippen LogP contribution in [0.5, 0.6) is 5.75 Å². The maximum atomic E-state index is 13.4. The summed E-state index contributed by atoms with van der Waals surface area (Å²) in [5.74, 6) is 0.0459. The number of carboxylic acids is 1. The predicted molar refractivity (Wildman–Crippen MR) is 128 cm³/mol.